The van der Waals surface area contributed by atoms with Crippen LogP contribution >= 0.6 is 0 Å². The zero-order valence-electron chi connectivity index (χ0n) is 12.8. The van der Waals surface area contributed by atoms with E-state index in [0.717, 1.165) is 0 Å². The lowest BCUT2D eigenvalue weighted by Gasteiger charge is -2.38. The molecule has 0 spiro atoms. The first-order valence-electron chi connectivity index (χ1n) is 6.79. The van der Waals surface area contributed by atoms with Crippen molar-refractivity contribution in [2.24, 2.45) is 0 Å². The number of nitrogens with zero attached hydrogens (tertiary/aromatic N) is 2. The van der Waals surface area contributed by atoms with E-state index >= 15 is 0 Å². The van der Waals surface area contributed by atoms with Crippen molar-refractivity contribution in [1.82, 2.24) is 4.90 Å². The molecule has 1 fully saturated rings. The molecule has 1 aliphatic heterocycles. The van der Waals surface area contributed by atoms with Gasteiger partial charge in [-0.3, -0.25) is 9.59 Å². The van der Waals surface area contributed by atoms with E-state index in [1.165, 1.54) is 6.92 Å². The summed E-state index contributed by atoms with van der Waals surface area (Å²) >= 11 is 0. The molecule has 1 heterocycles. The molecule has 1 unspecified atom stereocenters. The summed E-state index contributed by atoms with van der Waals surface area (Å²) < 4.78 is 10.5. The summed E-state index contributed by atoms with van der Waals surface area (Å²) in [6.07, 6.45) is 0. The molecule has 1 aromatic rings. The van der Waals surface area contributed by atoms with Crippen molar-refractivity contribution >= 4 is 17.5 Å². The van der Waals surface area contributed by atoms with Crippen LogP contribution in [0.2, 0.25) is 0 Å². The van der Waals surface area contributed by atoms with Crippen LogP contribution in [0, 0.1) is 0 Å². The SMILES string of the molecule is COc1cc(OC)cc(N2CCN(C(C)=O)C(C)C2=O)c1. The van der Waals surface area contributed by atoms with Gasteiger partial charge in [0.1, 0.15) is 17.5 Å². The van der Waals surface area contributed by atoms with Crippen molar-refractivity contribution < 1.29 is 19.1 Å². The summed E-state index contributed by atoms with van der Waals surface area (Å²) in [7, 11) is 3.13. The number of hydrogen-bond acceptors (Lipinski definition) is 4. The number of benzene rings is 1. The first kappa shape index (κ1) is 15.2. The maximum Gasteiger partial charge on any atom is 0.249 e. The van der Waals surface area contributed by atoms with Gasteiger partial charge in [0.05, 0.1) is 19.9 Å². The predicted molar refractivity (Wildman–Crippen MR) is 78.7 cm³/mol. The van der Waals surface area contributed by atoms with E-state index in [9.17, 15) is 9.59 Å². The third-order valence-electron chi connectivity index (χ3n) is 3.71. The minimum atomic E-state index is -0.464. The van der Waals surface area contributed by atoms with E-state index in [2.05, 4.69) is 0 Å². The van der Waals surface area contributed by atoms with Gasteiger partial charge in [-0.25, -0.2) is 0 Å². The second kappa shape index (κ2) is 6.03. The van der Waals surface area contributed by atoms with Crippen LogP contribution in [0.4, 0.5) is 5.69 Å². The van der Waals surface area contributed by atoms with Crippen LogP contribution in [0.5, 0.6) is 11.5 Å². The Bertz CT molecular complexity index is 536. The van der Waals surface area contributed by atoms with Crippen molar-refractivity contribution in [3.63, 3.8) is 0 Å². The molecule has 114 valence electrons. The summed E-state index contributed by atoms with van der Waals surface area (Å²) in [5.74, 6) is 1.06. The van der Waals surface area contributed by atoms with Gasteiger partial charge in [0.2, 0.25) is 11.8 Å². The zero-order chi connectivity index (χ0) is 15.6. The third-order valence-corrected chi connectivity index (χ3v) is 3.71. The molecule has 0 bridgehead atoms. The maximum absolute atomic E-state index is 12.5. The van der Waals surface area contributed by atoms with E-state index in [0.29, 0.717) is 30.3 Å². The smallest absolute Gasteiger partial charge is 0.249 e. The molecular formula is C15H20N2O4. The Hall–Kier alpha value is -2.24. The van der Waals surface area contributed by atoms with Crippen molar-refractivity contribution in [2.75, 3.05) is 32.2 Å². The Labute approximate surface area is 124 Å². The van der Waals surface area contributed by atoms with Gasteiger partial charge >= 0.3 is 0 Å². The van der Waals surface area contributed by atoms with Crippen LogP contribution < -0.4 is 14.4 Å². The Morgan fingerprint density at radius 1 is 1.14 bits per heavy atom. The number of hydrogen-bond donors (Lipinski definition) is 0. The monoisotopic (exact) mass is 292 g/mol. The van der Waals surface area contributed by atoms with Crippen LogP contribution in [0.1, 0.15) is 13.8 Å². The highest BCUT2D eigenvalue weighted by Crippen LogP contribution is 2.30. The van der Waals surface area contributed by atoms with Gasteiger partial charge in [0.25, 0.3) is 0 Å². The van der Waals surface area contributed by atoms with E-state index in [1.807, 2.05) is 0 Å². The van der Waals surface area contributed by atoms with Crippen molar-refractivity contribution in [2.45, 2.75) is 19.9 Å². The standard InChI is InChI=1S/C15H20N2O4/c1-10-15(19)17(6-5-16(10)11(2)18)12-7-13(20-3)9-14(8-12)21-4/h7-10H,5-6H2,1-4H3. The summed E-state index contributed by atoms with van der Waals surface area (Å²) in [5, 5.41) is 0. The van der Waals surface area contributed by atoms with Crippen molar-refractivity contribution in [3.05, 3.63) is 18.2 Å². The van der Waals surface area contributed by atoms with Gasteiger partial charge in [-0.15, -0.1) is 0 Å². The lowest BCUT2D eigenvalue weighted by Crippen LogP contribution is -2.57. The van der Waals surface area contributed by atoms with Crippen LogP contribution in [-0.2, 0) is 9.59 Å². The molecule has 0 radical (unpaired) electrons. The quantitative estimate of drug-likeness (QED) is 0.842. The molecule has 2 rings (SSSR count). The largest absolute Gasteiger partial charge is 0.497 e. The number of carbonyl (C=O) groups is 2. The zero-order valence-corrected chi connectivity index (χ0v) is 12.8. The van der Waals surface area contributed by atoms with Crippen molar-refractivity contribution in [3.8, 4) is 11.5 Å². The normalized spacial score (nSPS) is 18.7. The molecule has 2 amide bonds. The molecule has 0 N–H and O–H groups in total. The molecule has 6 nitrogen and oxygen atoms in total. The lowest BCUT2D eigenvalue weighted by molar-refractivity contribution is -0.139. The highest BCUT2D eigenvalue weighted by atomic mass is 16.5. The number of carbonyl (C=O) groups excluding carboxylic acids is 2. The number of ether oxygens (including phenoxy) is 2. The number of amides is 2. The lowest BCUT2D eigenvalue weighted by atomic mass is 10.1. The Balaban J connectivity index is 2.30. The van der Waals surface area contributed by atoms with Gasteiger partial charge < -0.3 is 19.3 Å². The van der Waals surface area contributed by atoms with Gasteiger partial charge in [0.15, 0.2) is 0 Å². The fourth-order valence-electron chi connectivity index (χ4n) is 2.51. The third kappa shape index (κ3) is 2.94. The molecule has 0 aliphatic carbocycles. The minimum Gasteiger partial charge on any atom is -0.497 e. The number of anilines is 1. The van der Waals surface area contributed by atoms with Crippen LogP contribution in [-0.4, -0.2) is 50.1 Å². The fourth-order valence-corrected chi connectivity index (χ4v) is 2.51. The van der Waals surface area contributed by atoms with Gasteiger partial charge in [-0.05, 0) is 6.92 Å². The number of rotatable bonds is 3. The molecule has 0 aromatic heterocycles. The van der Waals surface area contributed by atoms with Crippen LogP contribution in [0.25, 0.3) is 0 Å². The Morgan fingerprint density at radius 2 is 1.71 bits per heavy atom. The van der Waals surface area contributed by atoms with Gasteiger partial charge in [0, 0.05) is 38.2 Å². The highest BCUT2D eigenvalue weighted by molar-refractivity contribution is 6.00. The van der Waals surface area contributed by atoms with E-state index in [4.69, 9.17) is 9.47 Å². The second-order valence-electron chi connectivity index (χ2n) is 4.95. The summed E-state index contributed by atoms with van der Waals surface area (Å²) in [5.41, 5.74) is 0.714. The topological polar surface area (TPSA) is 59.1 Å². The Morgan fingerprint density at radius 3 is 2.19 bits per heavy atom. The highest BCUT2D eigenvalue weighted by Gasteiger charge is 2.33. The maximum atomic E-state index is 12.5. The molecule has 0 saturated carbocycles. The fraction of sp³-hybridized carbons (Fsp3) is 0.467. The van der Waals surface area contributed by atoms with Crippen molar-refractivity contribution in [1.29, 1.82) is 0 Å². The average molecular weight is 292 g/mol. The molecule has 1 aliphatic rings. The summed E-state index contributed by atoms with van der Waals surface area (Å²) in [6.45, 7) is 4.20. The van der Waals surface area contributed by atoms with Gasteiger partial charge in [-0.2, -0.15) is 0 Å². The van der Waals surface area contributed by atoms with Gasteiger partial charge in [-0.1, -0.05) is 0 Å². The van der Waals surface area contributed by atoms with E-state index < -0.39 is 6.04 Å². The van der Waals surface area contributed by atoms with Crippen LogP contribution in [0.3, 0.4) is 0 Å². The molecule has 1 atom stereocenters. The summed E-state index contributed by atoms with van der Waals surface area (Å²) in [4.78, 5) is 27.2. The molecule has 6 heteroatoms. The minimum absolute atomic E-state index is 0.0845. The van der Waals surface area contributed by atoms with E-state index in [-0.39, 0.29) is 11.8 Å². The summed E-state index contributed by atoms with van der Waals surface area (Å²) in [6, 6.07) is 4.87. The molecule has 1 saturated heterocycles. The van der Waals surface area contributed by atoms with E-state index in [1.54, 1.807) is 49.1 Å². The first-order chi connectivity index (χ1) is 9.97. The number of piperazine rings is 1. The average Bonchev–Trinajstić information content (AvgIpc) is 2.48. The molecular weight excluding hydrogens is 272 g/mol. The second-order valence-corrected chi connectivity index (χ2v) is 4.95. The van der Waals surface area contributed by atoms with Crippen LogP contribution in [0.15, 0.2) is 18.2 Å². The number of methoxy groups -OCH3 is 2. The molecule has 1 aromatic carbocycles. The predicted octanol–water partition coefficient (Wildman–Crippen LogP) is 1.29. The first-order valence-corrected chi connectivity index (χ1v) is 6.79. The molecule has 21 heavy (non-hydrogen) atoms. The Kier molecular flexibility index (Phi) is 4.35.